The molecule has 1 aromatic rings. The van der Waals surface area contributed by atoms with Crippen molar-refractivity contribution in [1.29, 1.82) is 0 Å². The summed E-state index contributed by atoms with van der Waals surface area (Å²) in [5, 5.41) is 8.58. The molecule has 14 heavy (non-hydrogen) atoms. The lowest BCUT2D eigenvalue weighted by molar-refractivity contribution is 0.252. The van der Waals surface area contributed by atoms with Gasteiger partial charge in [-0.15, -0.1) is 0 Å². The van der Waals surface area contributed by atoms with Crippen molar-refractivity contribution in [3.63, 3.8) is 0 Å². The number of halogens is 1. The van der Waals surface area contributed by atoms with Crippen LogP contribution in [0.3, 0.4) is 0 Å². The van der Waals surface area contributed by atoms with Crippen LogP contribution < -0.4 is 10.5 Å². The summed E-state index contributed by atoms with van der Waals surface area (Å²) < 4.78 is 6.38. The molecule has 0 unspecified atom stereocenters. The summed E-state index contributed by atoms with van der Waals surface area (Å²) in [4.78, 5) is 0. The van der Waals surface area contributed by atoms with Crippen LogP contribution in [0.25, 0.3) is 0 Å². The SMILES string of the molecule is Nc1ccc(Br)c(OCCCCO)c1. The smallest absolute Gasteiger partial charge is 0.135 e. The van der Waals surface area contributed by atoms with Gasteiger partial charge in [0.2, 0.25) is 0 Å². The number of rotatable bonds is 5. The molecule has 0 saturated carbocycles. The predicted molar refractivity (Wildman–Crippen MR) is 60.4 cm³/mol. The van der Waals surface area contributed by atoms with Gasteiger partial charge in [-0.25, -0.2) is 0 Å². The fourth-order valence-electron chi connectivity index (χ4n) is 1.03. The molecule has 0 spiro atoms. The third-order valence-electron chi connectivity index (χ3n) is 1.77. The van der Waals surface area contributed by atoms with Crippen LogP contribution in [0.15, 0.2) is 22.7 Å². The third-order valence-corrected chi connectivity index (χ3v) is 2.42. The number of ether oxygens (including phenoxy) is 1. The average molecular weight is 260 g/mol. The number of unbranched alkanes of at least 4 members (excludes halogenated alkanes) is 1. The number of hydrogen-bond acceptors (Lipinski definition) is 3. The van der Waals surface area contributed by atoms with E-state index < -0.39 is 0 Å². The van der Waals surface area contributed by atoms with Gasteiger partial charge < -0.3 is 15.6 Å². The van der Waals surface area contributed by atoms with E-state index in [9.17, 15) is 0 Å². The summed E-state index contributed by atoms with van der Waals surface area (Å²) in [5.74, 6) is 0.753. The summed E-state index contributed by atoms with van der Waals surface area (Å²) in [7, 11) is 0. The van der Waals surface area contributed by atoms with Crippen molar-refractivity contribution in [1.82, 2.24) is 0 Å². The van der Waals surface area contributed by atoms with Crippen molar-refractivity contribution >= 4 is 21.6 Å². The summed E-state index contributed by atoms with van der Waals surface area (Å²) in [6, 6.07) is 5.45. The van der Waals surface area contributed by atoms with Crippen LogP contribution in [0.2, 0.25) is 0 Å². The minimum absolute atomic E-state index is 0.210. The monoisotopic (exact) mass is 259 g/mol. The van der Waals surface area contributed by atoms with Gasteiger partial charge >= 0.3 is 0 Å². The predicted octanol–water partition coefficient (Wildman–Crippen LogP) is 2.18. The van der Waals surface area contributed by atoms with Crippen molar-refractivity contribution in [2.75, 3.05) is 18.9 Å². The molecular weight excluding hydrogens is 246 g/mol. The lowest BCUT2D eigenvalue weighted by Gasteiger charge is -2.08. The normalized spacial score (nSPS) is 10.1. The van der Waals surface area contributed by atoms with Crippen LogP contribution in [0.5, 0.6) is 5.75 Å². The molecular formula is C10H14BrNO2. The average Bonchev–Trinajstić information content (AvgIpc) is 2.18. The van der Waals surface area contributed by atoms with Gasteiger partial charge in [-0.05, 0) is 40.9 Å². The number of aliphatic hydroxyl groups is 1. The van der Waals surface area contributed by atoms with Crippen LogP contribution in [-0.2, 0) is 0 Å². The van der Waals surface area contributed by atoms with Crippen LogP contribution in [0.1, 0.15) is 12.8 Å². The van der Waals surface area contributed by atoms with Crippen molar-refractivity contribution in [2.45, 2.75) is 12.8 Å². The fraction of sp³-hybridized carbons (Fsp3) is 0.400. The Balaban J connectivity index is 2.45. The zero-order valence-corrected chi connectivity index (χ0v) is 9.46. The second-order valence-electron chi connectivity index (χ2n) is 2.97. The molecule has 0 aliphatic carbocycles. The molecule has 0 aromatic heterocycles. The Morgan fingerprint density at radius 2 is 2.14 bits per heavy atom. The standard InChI is InChI=1S/C10H14BrNO2/c11-9-4-3-8(12)7-10(9)14-6-2-1-5-13/h3-4,7,13H,1-2,5-6,12H2. The van der Waals surface area contributed by atoms with E-state index in [1.165, 1.54) is 0 Å². The maximum atomic E-state index is 8.58. The highest BCUT2D eigenvalue weighted by Crippen LogP contribution is 2.27. The number of hydrogen-bond donors (Lipinski definition) is 2. The quantitative estimate of drug-likeness (QED) is 0.630. The lowest BCUT2D eigenvalue weighted by Crippen LogP contribution is -1.99. The highest BCUT2D eigenvalue weighted by atomic mass is 79.9. The van der Waals surface area contributed by atoms with Gasteiger partial charge in [0.05, 0.1) is 11.1 Å². The number of benzene rings is 1. The maximum absolute atomic E-state index is 8.58. The zero-order valence-electron chi connectivity index (χ0n) is 7.87. The van der Waals surface area contributed by atoms with Crippen LogP contribution in [0, 0.1) is 0 Å². The molecule has 0 atom stereocenters. The van der Waals surface area contributed by atoms with Gasteiger partial charge in [-0.1, -0.05) is 0 Å². The molecule has 0 saturated heterocycles. The Morgan fingerprint density at radius 1 is 1.36 bits per heavy atom. The first-order valence-electron chi connectivity index (χ1n) is 4.52. The summed E-state index contributed by atoms with van der Waals surface area (Å²) in [6.07, 6.45) is 1.61. The molecule has 1 rings (SSSR count). The highest BCUT2D eigenvalue weighted by Gasteiger charge is 2.00. The molecule has 3 N–H and O–H groups in total. The molecule has 0 bridgehead atoms. The van der Waals surface area contributed by atoms with E-state index in [1.807, 2.05) is 12.1 Å². The topological polar surface area (TPSA) is 55.5 Å². The molecule has 0 heterocycles. The number of aliphatic hydroxyl groups excluding tert-OH is 1. The molecule has 3 nitrogen and oxygen atoms in total. The molecule has 78 valence electrons. The molecule has 1 aromatic carbocycles. The second kappa shape index (κ2) is 5.88. The first kappa shape index (κ1) is 11.3. The Bertz CT molecular complexity index is 291. The highest BCUT2D eigenvalue weighted by molar-refractivity contribution is 9.10. The lowest BCUT2D eigenvalue weighted by atomic mass is 10.3. The molecule has 4 heteroatoms. The summed E-state index contributed by atoms with van der Waals surface area (Å²) >= 11 is 3.37. The van der Waals surface area contributed by atoms with Crippen molar-refractivity contribution in [2.24, 2.45) is 0 Å². The van der Waals surface area contributed by atoms with E-state index in [0.29, 0.717) is 12.3 Å². The van der Waals surface area contributed by atoms with Crippen LogP contribution >= 0.6 is 15.9 Å². The number of nitrogens with two attached hydrogens (primary N) is 1. The first-order chi connectivity index (χ1) is 6.74. The van der Waals surface area contributed by atoms with Crippen LogP contribution in [0.4, 0.5) is 5.69 Å². The van der Waals surface area contributed by atoms with Crippen molar-refractivity contribution in [3.8, 4) is 5.75 Å². The molecule has 0 radical (unpaired) electrons. The van der Waals surface area contributed by atoms with Crippen LogP contribution in [-0.4, -0.2) is 18.3 Å². The number of anilines is 1. The second-order valence-corrected chi connectivity index (χ2v) is 3.82. The van der Waals surface area contributed by atoms with Gasteiger partial charge in [0.25, 0.3) is 0 Å². The van der Waals surface area contributed by atoms with Gasteiger partial charge in [0, 0.05) is 18.4 Å². The molecule has 0 amide bonds. The molecule has 0 fully saturated rings. The zero-order chi connectivity index (χ0) is 10.4. The summed E-state index contributed by atoms with van der Waals surface area (Å²) in [5.41, 5.74) is 6.30. The Labute approximate surface area is 92.0 Å². The van der Waals surface area contributed by atoms with Crippen molar-refractivity contribution < 1.29 is 9.84 Å². The molecule has 0 aliphatic rings. The van der Waals surface area contributed by atoms with Gasteiger partial charge in [-0.3, -0.25) is 0 Å². The first-order valence-corrected chi connectivity index (χ1v) is 5.32. The summed E-state index contributed by atoms with van der Waals surface area (Å²) in [6.45, 7) is 0.810. The van der Waals surface area contributed by atoms with Gasteiger partial charge in [-0.2, -0.15) is 0 Å². The Morgan fingerprint density at radius 3 is 2.86 bits per heavy atom. The van der Waals surface area contributed by atoms with Gasteiger partial charge in [0.15, 0.2) is 0 Å². The Kier molecular flexibility index (Phi) is 4.76. The minimum atomic E-state index is 0.210. The van der Waals surface area contributed by atoms with E-state index in [2.05, 4.69) is 15.9 Å². The largest absolute Gasteiger partial charge is 0.492 e. The Hall–Kier alpha value is -0.740. The van der Waals surface area contributed by atoms with E-state index in [-0.39, 0.29) is 6.61 Å². The van der Waals surface area contributed by atoms with E-state index in [4.69, 9.17) is 15.6 Å². The minimum Gasteiger partial charge on any atom is -0.492 e. The van der Waals surface area contributed by atoms with E-state index in [1.54, 1.807) is 6.07 Å². The van der Waals surface area contributed by atoms with E-state index in [0.717, 1.165) is 23.1 Å². The molecule has 0 aliphatic heterocycles. The van der Waals surface area contributed by atoms with Gasteiger partial charge in [0.1, 0.15) is 5.75 Å². The maximum Gasteiger partial charge on any atom is 0.135 e. The van der Waals surface area contributed by atoms with E-state index >= 15 is 0 Å². The number of nitrogen functional groups attached to an aromatic ring is 1. The fourth-order valence-corrected chi connectivity index (χ4v) is 1.39. The third kappa shape index (κ3) is 3.55. The van der Waals surface area contributed by atoms with Crippen molar-refractivity contribution in [3.05, 3.63) is 22.7 Å².